The maximum atomic E-state index is 11.3. The monoisotopic (exact) mass is 208 g/mol. The molecule has 0 heterocycles. The predicted molar refractivity (Wildman–Crippen MR) is 54.1 cm³/mol. The Morgan fingerprint density at radius 2 is 2.07 bits per heavy atom. The van der Waals surface area contributed by atoms with E-state index in [1.807, 2.05) is 0 Å². The van der Waals surface area contributed by atoms with Crippen LogP contribution in [0, 0.1) is 0 Å². The quantitative estimate of drug-likeness (QED) is 0.607. The highest BCUT2D eigenvalue weighted by molar-refractivity contribution is 6.00. The van der Waals surface area contributed by atoms with Gasteiger partial charge in [0.15, 0.2) is 5.78 Å². The molecule has 0 spiro atoms. The van der Waals surface area contributed by atoms with Crippen LogP contribution < -0.4 is 0 Å². The van der Waals surface area contributed by atoms with Gasteiger partial charge in [-0.15, -0.1) is 0 Å². The lowest BCUT2D eigenvalue weighted by Gasteiger charge is -2.04. The highest BCUT2D eigenvalue weighted by Crippen LogP contribution is 2.20. The molecule has 0 saturated heterocycles. The summed E-state index contributed by atoms with van der Waals surface area (Å²) in [6.45, 7) is 1.70. The van der Waals surface area contributed by atoms with Crippen LogP contribution in [0.25, 0.3) is 0 Å². The van der Waals surface area contributed by atoms with Gasteiger partial charge in [0.1, 0.15) is 5.75 Å². The van der Waals surface area contributed by atoms with Gasteiger partial charge in [-0.05, 0) is 18.2 Å². The zero-order chi connectivity index (χ0) is 11.4. The zero-order valence-corrected chi connectivity index (χ0v) is 8.61. The average Bonchev–Trinajstić information content (AvgIpc) is 2.26. The summed E-state index contributed by atoms with van der Waals surface area (Å²) in [7, 11) is 1.25. The van der Waals surface area contributed by atoms with Crippen molar-refractivity contribution in [2.24, 2.45) is 0 Å². The highest BCUT2D eigenvalue weighted by Gasteiger charge is 2.12. The van der Waals surface area contributed by atoms with Crippen molar-refractivity contribution < 1.29 is 19.4 Å². The van der Waals surface area contributed by atoms with E-state index < -0.39 is 5.97 Å². The van der Waals surface area contributed by atoms with Crippen LogP contribution in [-0.2, 0) is 4.74 Å². The van der Waals surface area contributed by atoms with Gasteiger partial charge in [0, 0.05) is 6.42 Å². The van der Waals surface area contributed by atoms with Crippen molar-refractivity contribution in [2.75, 3.05) is 7.11 Å². The average molecular weight is 208 g/mol. The second-order valence-corrected chi connectivity index (χ2v) is 3.00. The van der Waals surface area contributed by atoms with Gasteiger partial charge in [-0.3, -0.25) is 4.79 Å². The molecule has 0 aliphatic rings. The summed E-state index contributed by atoms with van der Waals surface area (Å²) in [5.74, 6) is -0.894. The Morgan fingerprint density at radius 3 is 2.53 bits per heavy atom. The first-order valence-corrected chi connectivity index (χ1v) is 4.54. The minimum Gasteiger partial charge on any atom is -0.507 e. The third-order valence-corrected chi connectivity index (χ3v) is 2.04. The molecule has 0 aliphatic carbocycles. The normalized spacial score (nSPS) is 9.73. The molecule has 1 aromatic rings. The predicted octanol–water partition coefficient (Wildman–Crippen LogP) is 1.77. The molecular weight excluding hydrogens is 196 g/mol. The molecule has 1 rings (SSSR count). The Kier molecular flexibility index (Phi) is 3.44. The molecule has 0 aromatic heterocycles. The first-order chi connectivity index (χ1) is 7.10. The highest BCUT2D eigenvalue weighted by atomic mass is 16.5. The van der Waals surface area contributed by atoms with Gasteiger partial charge in [0.25, 0.3) is 0 Å². The summed E-state index contributed by atoms with van der Waals surface area (Å²) < 4.78 is 4.48. The number of phenols is 1. The number of carbonyl (C=O) groups is 2. The van der Waals surface area contributed by atoms with E-state index in [1.54, 1.807) is 6.92 Å². The number of aromatic hydroxyl groups is 1. The second-order valence-electron chi connectivity index (χ2n) is 3.00. The fourth-order valence-corrected chi connectivity index (χ4v) is 1.20. The van der Waals surface area contributed by atoms with Crippen LogP contribution in [0.1, 0.15) is 34.1 Å². The van der Waals surface area contributed by atoms with Crippen molar-refractivity contribution in [3.63, 3.8) is 0 Å². The second kappa shape index (κ2) is 4.59. The minimum atomic E-state index is -0.541. The number of hydrogen-bond donors (Lipinski definition) is 1. The lowest BCUT2D eigenvalue weighted by molar-refractivity contribution is 0.0600. The lowest BCUT2D eigenvalue weighted by Crippen LogP contribution is -2.03. The SMILES string of the molecule is CCC(=O)c1ccc(C(=O)OC)cc1O. The molecule has 0 fully saturated rings. The summed E-state index contributed by atoms with van der Waals surface area (Å²) in [5.41, 5.74) is 0.452. The summed E-state index contributed by atoms with van der Waals surface area (Å²) in [5, 5.41) is 9.51. The number of ketones is 1. The maximum Gasteiger partial charge on any atom is 0.337 e. The van der Waals surface area contributed by atoms with Crippen molar-refractivity contribution >= 4 is 11.8 Å². The van der Waals surface area contributed by atoms with Crippen LogP contribution in [0.15, 0.2) is 18.2 Å². The van der Waals surface area contributed by atoms with Gasteiger partial charge in [0.05, 0.1) is 18.2 Å². The van der Waals surface area contributed by atoms with Crippen LogP contribution in [0.2, 0.25) is 0 Å². The van der Waals surface area contributed by atoms with Crippen LogP contribution >= 0.6 is 0 Å². The smallest absolute Gasteiger partial charge is 0.337 e. The molecule has 0 atom stereocenters. The number of rotatable bonds is 3. The fourth-order valence-electron chi connectivity index (χ4n) is 1.20. The molecule has 15 heavy (non-hydrogen) atoms. The van der Waals surface area contributed by atoms with E-state index in [9.17, 15) is 14.7 Å². The molecule has 0 bridgehead atoms. The maximum absolute atomic E-state index is 11.3. The van der Waals surface area contributed by atoms with Gasteiger partial charge in [-0.2, -0.15) is 0 Å². The Balaban J connectivity index is 3.08. The lowest BCUT2D eigenvalue weighted by atomic mass is 10.1. The molecule has 0 radical (unpaired) electrons. The Labute approximate surface area is 87.5 Å². The molecule has 4 nitrogen and oxygen atoms in total. The molecule has 0 amide bonds. The summed E-state index contributed by atoms with van der Waals surface area (Å²) >= 11 is 0. The first kappa shape index (κ1) is 11.2. The van der Waals surface area contributed by atoms with Crippen molar-refractivity contribution in [3.8, 4) is 5.75 Å². The molecule has 0 unspecified atom stereocenters. The van der Waals surface area contributed by atoms with Crippen LogP contribution in [-0.4, -0.2) is 24.0 Å². The molecule has 1 N–H and O–H groups in total. The van der Waals surface area contributed by atoms with E-state index in [2.05, 4.69) is 4.74 Å². The standard InChI is InChI=1S/C11H12O4/c1-3-9(12)8-5-4-7(6-10(8)13)11(14)15-2/h4-6,13H,3H2,1-2H3. The van der Waals surface area contributed by atoms with Gasteiger partial charge >= 0.3 is 5.97 Å². The van der Waals surface area contributed by atoms with E-state index in [4.69, 9.17) is 0 Å². The van der Waals surface area contributed by atoms with Gasteiger partial charge in [-0.1, -0.05) is 6.92 Å². The minimum absolute atomic E-state index is 0.163. The number of hydrogen-bond acceptors (Lipinski definition) is 4. The number of methoxy groups -OCH3 is 1. The molecule has 0 saturated carbocycles. The molecular formula is C11H12O4. The molecule has 1 aromatic carbocycles. The number of Topliss-reactive ketones (excluding diaryl/α,β-unsaturated/α-hetero) is 1. The Hall–Kier alpha value is -1.84. The van der Waals surface area contributed by atoms with E-state index >= 15 is 0 Å². The van der Waals surface area contributed by atoms with Crippen LogP contribution in [0.4, 0.5) is 0 Å². The molecule has 4 heteroatoms. The largest absolute Gasteiger partial charge is 0.507 e. The number of esters is 1. The number of carbonyl (C=O) groups excluding carboxylic acids is 2. The van der Waals surface area contributed by atoms with Gasteiger partial charge < -0.3 is 9.84 Å². The van der Waals surface area contributed by atoms with Crippen LogP contribution in [0.5, 0.6) is 5.75 Å². The Morgan fingerprint density at radius 1 is 1.40 bits per heavy atom. The molecule has 0 aliphatic heterocycles. The molecule has 80 valence electrons. The van der Waals surface area contributed by atoms with E-state index in [-0.39, 0.29) is 22.7 Å². The van der Waals surface area contributed by atoms with E-state index in [1.165, 1.54) is 25.3 Å². The Bertz CT molecular complexity index is 396. The summed E-state index contributed by atoms with van der Waals surface area (Å²) in [6.07, 6.45) is 0.311. The third-order valence-electron chi connectivity index (χ3n) is 2.04. The number of phenolic OH excluding ortho intramolecular Hbond substituents is 1. The number of ether oxygens (including phenoxy) is 1. The first-order valence-electron chi connectivity index (χ1n) is 4.54. The van der Waals surface area contributed by atoms with Crippen molar-refractivity contribution in [3.05, 3.63) is 29.3 Å². The van der Waals surface area contributed by atoms with Crippen molar-refractivity contribution in [2.45, 2.75) is 13.3 Å². The van der Waals surface area contributed by atoms with Crippen LogP contribution in [0.3, 0.4) is 0 Å². The summed E-state index contributed by atoms with van der Waals surface area (Å²) in [6, 6.07) is 4.11. The topological polar surface area (TPSA) is 63.6 Å². The van der Waals surface area contributed by atoms with Crippen molar-refractivity contribution in [1.29, 1.82) is 0 Å². The third kappa shape index (κ3) is 2.34. The van der Waals surface area contributed by atoms with Gasteiger partial charge in [-0.25, -0.2) is 4.79 Å². The van der Waals surface area contributed by atoms with Gasteiger partial charge in [0.2, 0.25) is 0 Å². The zero-order valence-electron chi connectivity index (χ0n) is 8.61. The van der Waals surface area contributed by atoms with E-state index in [0.717, 1.165) is 0 Å². The summed E-state index contributed by atoms with van der Waals surface area (Å²) in [4.78, 5) is 22.4. The van der Waals surface area contributed by atoms with E-state index in [0.29, 0.717) is 6.42 Å². The fraction of sp³-hybridized carbons (Fsp3) is 0.273. The van der Waals surface area contributed by atoms with Crippen molar-refractivity contribution in [1.82, 2.24) is 0 Å². The number of benzene rings is 1.